The Hall–Kier alpha value is -3.02. The van der Waals surface area contributed by atoms with Gasteiger partial charge in [-0.05, 0) is 50.3 Å². The number of aromatic nitrogens is 3. The summed E-state index contributed by atoms with van der Waals surface area (Å²) >= 11 is 0. The number of hydrogen-bond donors (Lipinski definition) is 0. The van der Waals surface area contributed by atoms with Gasteiger partial charge in [-0.3, -0.25) is 9.78 Å². The van der Waals surface area contributed by atoms with E-state index in [0.29, 0.717) is 23.2 Å². The van der Waals surface area contributed by atoms with Gasteiger partial charge in [-0.15, -0.1) is 0 Å². The predicted molar refractivity (Wildman–Crippen MR) is 98.7 cm³/mol. The summed E-state index contributed by atoms with van der Waals surface area (Å²) in [5.74, 6) is 1.48. The molecule has 1 aliphatic carbocycles. The second-order valence-electron chi connectivity index (χ2n) is 7.45. The molecule has 3 aromatic rings. The SMILES string of the molecule is Cc1cccc(-c2noc([C@@H]3C4CCC(C4)N3C(=O)c3cccnc3)n2)c1. The Bertz CT molecular complexity index is 985. The molecule has 1 aromatic carbocycles. The van der Waals surface area contributed by atoms with Crippen molar-refractivity contribution in [1.82, 2.24) is 20.0 Å². The van der Waals surface area contributed by atoms with Gasteiger partial charge in [0.25, 0.3) is 5.91 Å². The molecule has 6 nitrogen and oxygen atoms in total. The molecular weight excluding hydrogens is 340 g/mol. The van der Waals surface area contributed by atoms with Crippen molar-refractivity contribution in [3.63, 3.8) is 0 Å². The lowest BCUT2D eigenvalue weighted by Crippen LogP contribution is -2.40. The van der Waals surface area contributed by atoms with Gasteiger partial charge in [0, 0.05) is 24.0 Å². The number of piperidine rings is 1. The molecule has 0 spiro atoms. The summed E-state index contributed by atoms with van der Waals surface area (Å²) in [5.41, 5.74) is 2.68. The molecule has 1 aliphatic heterocycles. The summed E-state index contributed by atoms with van der Waals surface area (Å²) in [6.07, 6.45) is 6.42. The van der Waals surface area contributed by atoms with Gasteiger partial charge in [-0.1, -0.05) is 28.9 Å². The summed E-state index contributed by atoms with van der Waals surface area (Å²) in [7, 11) is 0. The normalized spacial score (nSPS) is 23.7. The molecular formula is C21H20N4O2. The van der Waals surface area contributed by atoms with E-state index in [1.54, 1.807) is 18.5 Å². The molecule has 2 aliphatic rings. The van der Waals surface area contributed by atoms with Crippen LogP contribution in [-0.2, 0) is 0 Å². The number of hydrogen-bond acceptors (Lipinski definition) is 5. The van der Waals surface area contributed by atoms with Gasteiger partial charge in [-0.2, -0.15) is 4.98 Å². The van der Waals surface area contributed by atoms with E-state index in [2.05, 4.69) is 15.1 Å². The topological polar surface area (TPSA) is 72.1 Å². The fourth-order valence-corrected chi connectivity index (χ4v) is 4.49. The second kappa shape index (κ2) is 6.30. The third-order valence-electron chi connectivity index (χ3n) is 5.70. The third kappa shape index (κ3) is 2.72. The lowest BCUT2D eigenvalue weighted by Gasteiger charge is -2.33. The Morgan fingerprint density at radius 3 is 2.96 bits per heavy atom. The van der Waals surface area contributed by atoms with Crippen molar-refractivity contribution < 1.29 is 9.32 Å². The first-order valence-electron chi connectivity index (χ1n) is 9.34. The van der Waals surface area contributed by atoms with Crippen LogP contribution in [-0.4, -0.2) is 32.0 Å². The van der Waals surface area contributed by atoms with Crippen LogP contribution in [0, 0.1) is 12.8 Å². The highest BCUT2D eigenvalue weighted by Gasteiger charge is 2.51. The lowest BCUT2D eigenvalue weighted by atomic mass is 9.98. The Morgan fingerprint density at radius 1 is 1.22 bits per heavy atom. The second-order valence-corrected chi connectivity index (χ2v) is 7.45. The van der Waals surface area contributed by atoms with Gasteiger partial charge in [0.1, 0.15) is 6.04 Å². The highest BCUT2D eigenvalue weighted by molar-refractivity contribution is 5.94. The first-order chi connectivity index (χ1) is 13.2. The summed E-state index contributed by atoms with van der Waals surface area (Å²) in [6.45, 7) is 2.04. The fourth-order valence-electron chi connectivity index (χ4n) is 4.49. The molecule has 136 valence electrons. The van der Waals surface area contributed by atoms with Crippen LogP contribution in [0.15, 0.2) is 53.3 Å². The van der Waals surface area contributed by atoms with E-state index in [9.17, 15) is 4.79 Å². The maximum atomic E-state index is 13.1. The Balaban J connectivity index is 1.49. The molecule has 5 rings (SSSR count). The van der Waals surface area contributed by atoms with Crippen molar-refractivity contribution in [2.45, 2.75) is 38.3 Å². The predicted octanol–water partition coefficient (Wildman–Crippen LogP) is 3.81. The van der Waals surface area contributed by atoms with Crippen LogP contribution in [0.2, 0.25) is 0 Å². The van der Waals surface area contributed by atoms with E-state index in [0.717, 1.165) is 30.4 Å². The standard InChI is InChI=1S/C21H20N4O2/c1-13-4-2-5-15(10-13)19-23-20(27-24-19)18-14-7-8-17(11-14)25(18)21(26)16-6-3-9-22-12-16/h2-6,9-10,12,14,17-18H,7-8,11H2,1H3/t14?,17?,18-/m0/s1. The minimum Gasteiger partial charge on any atom is -0.337 e. The van der Waals surface area contributed by atoms with Crippen molar-refractivity contribution in [2.24, 2.45) is 5.92 Å². The number of aryl methyl sites for hydroxylation is 1. The number of likely N-dealkylation sites (tertiary alicyclic amines) is 1. The first kappa shape index (κ1) is 16.2. The molecule has 2 unspecified atom stereocenters. The van der Waals surface area contributed by atoms with Crippen LogP contribution >= 0.6 is 0 Å². The van der Waals surface area contributed by atoms with E-state index < -0.39 is 0 Å². The van der Waals surface area contributed by atoms with E-state index in [1.807, 2.05) is 42.2 Å². The zero-order valence-electron chi connectivity index (χ0n) is 15.1. The van der Waals surface area contributed by atoms with Gasteiger partial charge >= 0.3 is 0 Å². The van der Waals surface area contributed by atoms with Gasteiger partial charge in [0.2, 0.25) is 11.7 Å². The zero-order valence-corrected chi connectivity index (χ0v) is 15.1. The molecule has 2 aromatic heterocycles. The summed E-state index contributed by atoms with van der Waals surface area (Å²) < 4.78 is 5.64. The first-order valence-corrected chi connectivity index (χ1v) is 9.34. The lowest BCUT2D eigenvalue weighted by molar-refractivity contribution is 0.0538. The van der Waals surface area contributed by atoms with E-state index >= 15 is 0 Å². The number of benzene rings is 1. The minimum atomic E-state index is -0.150. The molecule has 1 saturated heterocycles. The van der Waals surface area contributed by atoms with Crippen LogP contribution in [0.5, 0.6) is 0 Å². The highest BCUT2D eigenvalue weighted by Crippen LogP contribution is 2.50. The minimum absolute atomic E-state index is 0.00407. The number of amides is 1. The van der Waals surface area contributed by atoms with Gasteiger partial charge < -0.3 is 9.42 Å². The van der Waals surface area contributed by atoms with Gasteiger partial charge in [0.05, 0.1) is 5.56 Å². The van der Waals surface area contributed by atoms with Crippen molar-refractivity contribution in [1.29, 1.82) is 0 Å². The Kier molecular flexibility index (Phi) is 3.77. The molecule has 1 amide bonds. The fraction of sp³-hybridized carbons (Fsp3) is 0.333. The number of pyridine rings is 1. The van der Waals surface area contributed by atoms with Crippen molar-refractivity contribution in [2.75, 3.05) is 0 Å². The van der Waals surface area contributed by atoms with Crippen LogP contribution in [0.1, 0.15) is 47.1 Å². The number of nitrogens with zero attached hydrogens (tertiary/aromatic N) is 4. The Morgan fingerprint density at radius 2 is 2.15 bits per heavy atom. The average molecular weight is 360 g/mol. The van der Waals surface area contributed by atoms with Crippen LogP contribution in [0.4, 0.5) is 0 Å². The smallest absolute Gasteiger partial charge is 0.256 e. The van der Waals surface area contributed by atoms with E-state index in [-0.39, 0.29) is 18.0 Å². The maximum Gasteiger partial charge on any atom is 0.256 e. The molecule has 27 heavy (non-hydrogen) atoms. The van der Waals surface area contributed by atoms with Crippen molar-refractivity contribution in [3.8, 4) is 11.4 Å². The molecule has 0 N–H and O–H groups in total. The Labute approximate surface area is 157 Å². The molecule has 0 radical (unpaired) electrons. The summed E-state index contributed by atoms with van der Waals surface area (Å²) in [4.78, 5) is 23.8. The number of fused-ring (bicyclic) bond motifs is 2. The van der Waals surface area contributed by atoms with Crippen molar-refractivity contribution >= 4 is 5.91 Å². The largest absolute Gasteiger partial charge is 0.337 e. The molecule has 1 saturated carbocycles. The van der Waals surface area contributed by atoms with E-state index in [4.69, 9.17) is 4.52 Å². The molecule has 3 atom stereocenters. The number of carbonyl (C=O) groups excluding carboxylic acids is 1. The summed E-state index contributed by atoms with van der Waals surface area (Å²) in [5, 5.41) is 4.19. The van der Waals surface area contributed by atoms with Crippen LogP contribution < -0.4 is 0 Å². The maximum absolute atomic E-state index is 13.1. The van der Waals surface area contributed by atoms with E-state index in [1.165, 1.54) is 0 Å². The number of rotatable bonds is 3. The summed E-state index contributed by atoms with van der Waals surface area (Å²) in [6, 6.07) is 11.7. The van der Waals surface area contributed by atoms with Crippen LogP contribution in [0.3, 0.4) is 0 Å². The number of carbonyl (C=O) groups is 1. The van der Waals surface area contributed by atoms with Gasteiger partial charge in [-0.25, -0.2) is 0 Å². The highest BCUT2D eigenvalue weighted by atomic mass is 16.5. The molecule has 2 bridgehead atoms. The van der Waals surface area contributed by atoms with Crippen LogP contribution in [0.25, 0.3) is 11.4 Å². The zero-order chi connectivity index (χ0) is 18.4. The third-order valence-corrected chi connectivity index (χ3v) is 5.70. The molecule has 2 fully saturated rings. The quantitative estimate of drug-likeness (QED) is 0.710. The monoisotopic (exact) mass is 360 g/mol. The van der Waals surface area contributed by atoms with Gasteiger partial charge in [0.15, 0.2) is 0 Å². The average Bonchev–Trinajstić information content (AvgIpc) is 3.43. The molecule has 6 heteroatoms. The van der Waals surface area contributed by atoms with Crippen molar-refractivity contribution in [3.05, 3.63) is 65.8 Å². The molecule has 3 heterocycles.